The van der Waals surface area contributed by atoms with Gasteiger partial charge in [0, 0.05) is 5.71 Å². The summed E-state index contributed by atoms with van der Waals surface area (Å²) in [5, 5.41) is 5.20. The van der Waals surface area contributed by atoms with Crippen LogP contribution in [0.3, 0.4) is 0 Å². The Labute approximate surface area is 265 Å². The maximum absolute atomic E-state index is 5.05. The molecule has 0 fully saturated rings. The third kappa shape index (κ3) is 5.25. The summed E-state index contributed by atoms with van der Waals surface area (Å²) in [6, 6.07) is 57.3. The number of nitrogens with zero attached hydrogens (tertiary/aromatic N) is 1. The van der Waals surface area contributed by atoms with Gasteiger partial charge in [-0.2, -0.15) is 0 Å². The molecule has 1 aliphatic heterocycles. The van der Waals surface area contributed by atoms with E-state index in [9.17, 15) is 0 Å². The lowest BCUT2D eigenvalue weighted by Crippen LogP contribution is -2.13. The number of hydrogen-bond acceptors (Lipinski definition) is 1. The van der Waals surface area contributed by atoms with E-state index in [0.717, 1.165) is 31.4 Å². The normalized spacial score (nSPS) is 14.3. The van der Waals surface area contributed by atoms with Gasteiger partial charge in [0.1, 0.15) is 0 Å². The Morgan fingerprint density at radius 3 is 1.56 bits per heavy atom. The van der Waals surface area contributed by atoms with Crippen LogP contribution < -0.4 is 0 Å². The first-order valence-electron chi connectivity index (χ1n) is 16.1. The third-order valence-corrected chi connectivity index (χ3v) is 9.43. The average molecular weight is 578 g/mol. The van der Waals surface area contributed by atoms with Crippen LogP contribution in [0.2, 0.25) is 0 Å². The number of benzene rings is 7. The Morgan fingerprint density at radius 1 is 0.467 bits per heavy atom. The summed E-state index contributed by atoms with van der Waals surface area (Å²) in [4.78, 5) is 5.05. The molecule has 1 aliphatic rings. The van der Waals surface area contributed by atoms with E-state index in [1.54, 1.807) is 0 Å². The molecule has 1 heterocycles. The molecule has 7 aromatic rings. The third-order valence-electron chi connectivity index (χ3n) is 9.43. The van der Waals surface area contributed by atoms with Crippen molar-refractivity contribution in [3.8, 4) is 22.3 Å². The van der Waals surface area contributed by atoms with Crippen molar-refractivity contribution >= 4 is 32.9 Å². The molecule has 1 unspecified atom stereocenters. The van der Waals surface area contributed by atoms with Crippen LogP contribution in [0.25, 0.3) is 43.8 Å². The Balaban J connectivity index is 1.07. The Morgan fingerprint density at radius 2 is 0.956 bits per heavy atom. The summed E-state index contributed by atoms with van der Waals surface area (Å²) < 4.78 is 0. The number of aliphatic imine (C=N–C) groups is 1. The van der Waals surface area contributed by atoms with Crippen molar-refractivity contribution < 1.29 is 0 Å². The quantitative estimate of drug-likeness (QED) is 0.167. The van der Waals surface area contributed by atoms with E-state index in [1.165, 1.54) is 66.2 Å². The molecule has 0 spiro atoms. The molecule has 0 bridgehead atoms. The summed E-state index contributed by atoms with van der Waals surface area (Å²) in [6.45, 7) is 0. The largest absolute Gasteiger partial charge is 0.253 e. The summed E-state index contributed by atoms with van der Waals surface area (Å²) in [7, 11) is 0. The van der Waals surface area contributed by atoms with E-state index in [-0.39, 0.29) is 0 Å². The van der Waals surface area contributed by atoms with Crippen LogP contribution >= 0.6 is 0 Å². The lowest BCUT2D eigenvalue weighted by Gasteiger charge is -2.25. The molecule has 45 heavy (non-hydrogen) atoms. The first-order chi connectivity index (χ1) is 22.3. The molecule has 216 valence electrons. The molecular formula is C44H35N. The van der Waals surface area contributed by atoms with Crippen LogP contribution in [-0.4, -0.2) is 5.71 Å². The van der Waals surface area contributed by atoms with E-state index >= 15 is 0 Å². The van der Waals surface area contributed by atoms with Crippen LogP contribution in [0.5, 0.6) is 0 Å². The second-order valence-electron chi connectivity index (χ2n) is 12.2. The van der Waals surface area contributed by atoms with Crippen molar-refractivity contribution in [2.75, 3.05) is 0 Å². The molecule has 0 radical (unpaired) electrons. The van der Waals surface area contributed by atoms with Crippen molar-refractivity contribution in [2.24, 2.45) is 4.99 Å². The van der Waals surface area contributed by atoms with Gasteiger partial charge in [0.25, 0.3) is 0 Å². The van der Waals surface area contributed by atoms with Crippen molar-refractivity contribution in [1.29, 1.82) is 0 Å². The van der Waals surface area contributed by atoms with E-state index in [1.807, 2.05) is 0 Å². The minimum Gasteiger partial charge on any atom is -0.253 e. The molecule has 0 aromatic heterocycles. The van der Waals surface area contributed by atoms with E-state index in [0.29, 0.717) is 5.92 Å². The van der Waals surface area contributed by atoms with Crippen LogP contribution in [0.4, 0.5) is 5.69 Å². The number of hydrogen-bond donors (Lipinski definition) is 0. The molecule has 7 aromatic carbocycles. The van der Waals surface area contributed by atoms with Gasteiger partial charge in [0.05, 0.1) is 5.69 Å². The van der Waals surface area contributed by atoms with Crippen molar-refractivity contribution in [2.45, 2.75) is 31.6 Å². The standard InChI is InChI=1S/C44H35N/c1-3-15-32(16-4-1)42-30-35(36-20-11-12-25-41(36)45-42)19-13-14-31-26-28-34(29-27-31)44-39-23-9-7-21-37(39)43(33-17-5-2-6-18-33)38-22-8-10-24-40(38)44/h1-12,15-18,20-29,35H,13-14,19,30H2. The smallest absolute Gasteiger partial charge is 0.0668 e. The first-order valence-corrected chi connectivity index (χ1v) is 16.1. The number of rotatable bonds is 7. The lowest BCUT2D eigenvalue weighted by atomic mass is 9.83. The zero-order chi connectivity index (χ0) is 30.0. The van der Waals surface area contributed by atoms with Crippen LogP contribution in [0, 0.1) is 0 Å². The molecule has 0 saturated carbocycles. The van der Waals surface area contributed by atoms with Crippen LogP contribution in [0.1, 0.15) is 41.9 Å². The number of aryl methyl sites for hydroxylation is 1. The highest BCUT2D eigenvalue weighted by Crippen LogP contribution is 2.44. The lowest BCUT2D eigenvalue weighted by molar-refractivity contribution is 0.603. The van der Waals surface area contributed by atoms with E-state index in [4.69, 9.17) is 4.99 Å². The molecule has 0 amide bonds. The molecule has 0 saturated heterocycles. The van der Waals surface area contributed by atoms with Crippen LogP contribution in [-0.2, 0) is 6.42 Å². The minimum absolute atomic E-state index is 0.494. The van der Waals surface area contributed by atoms with Gasteiger partial charge in [-0.15, -0.1) is 0 Å². The summed E-state index contributed by atoms with van der Waals surface area (Å²) in [5.41, 5.74) is 11.5. The average Bonchev–Trinajstić information content (AvgIpc) is 3.11. The molecule has 0 N–H and O–H groups in total. The second kappa shape index (κ2) is 12.0. The van der Waals surface area contributed by atoms with Gasteiger partial charge in [-0.3, -0.25) is 4.99 Å². The molecule has 8 rings (SSSR count). The van der Waals surface area contributed by atoms with Gasteiger partial charge < -0.3 is 0 Å². The van der Waals surface area contributed by atoms with Gasteiger partial charge in [-0.05, 0) is 98.2 Å². The van der Waals surface area contributed by atoms with Gasteiger partial charge in [0.2, 0.25) is 0 Å². The maximum Gasteiger partial charge on any atom is 0.0668 e. The summed E-state index contributed by atoms with van der Waals surface area (Å²) in [5.74, 6) is 0.494. The van der Waals surface area contributed by atoms with Gasteiger partial charge in [-0.1, -0.05) is 152 Å². The fourth-order valence-corrected chi connectivity index (χ4v) is 7.29. The summed E-state index contributed by atoms with van der Waals surface area (Å²) in [6.07, 6.45) is 4.38. The second-order valence-corrected chi connectivity index (χ2v) is 12.2. The maximum atomic E-state index is 5.05. The molecule has 1 atom stereocenters. The fourth-order valence-electron chi connectivity index (χ4n) is 7.29. The Hall–Kier alpha value is -5.27. The fraction of sp³-hybridized carbons (Fsp3) is 0.114. The Bertz CT molecular complexity index is 2080. The first kappa shape index (κ1) is 27.3. The molecule has 1 nitrogen and oxygen atoms in total. The van der Waals surface area contributed by atoms with Crippen molar-refractivity contribution in [3.05, 3.63) is 174 Å². The Kier molecular flexibility index (Phi) is 7.29. The van der Waals surface area contributed by atoms with Gasteiger partial charge >= 0.3 is 0 Å². The highest BCUT2D eigenvalue weighted by Gasteiger charge is 2.23. The predicted molar refractivity (Wildman–Crippen MR) is 192 cm³/mol. The monoisotopic (exact) mass is 577 g/mol. The van der Waals surface area contributed by atoms with E-state index < -0.39 is 0 Å². The topological polar surface area (TPSA) is 12.4 Å². The van der Waals surface area contributed by atoms with Crippen molar-refractivity contribution in [1.82, 2.24) is 0 Å². The minimum atomic E-state index is 0.494. The number of fused-ring (bicyclic) bond motifs is 3. The van der Waals surface area contributed by atoms with Gasteiger partial charge in [0.15, 0.2) is 0 Å². The zero-order valence-electron chi connectivity index (χ0n) is 25.4. The van der Waals surface area contributed by atoms with Crippen LogP contribution in [0.15, 0.2) is 163 Å². The highest BCUT2D eigenvalue weighted by molar-refractivity contribution is 6.21. The number of para-hydroxylation sites is 1. The highest BCUT2D eigenvalue weighted by atomic mass is 14.8. The zero-order valence-corrected chi connectivity index (χ0v) is 25.4. The molecule has 1 heteroatoms. The van der Waals surface area contributed by atoms with E-state index in [2.05, 4.69) is 158 Å². The van der Waals surface area contributed by atoms with Gasteiger partial charge in [-0.25, -0.2) is 0 Å². The molecule has 0 aliphatic carbocycles. The SMILES string of the molecule is c1ccc(C2=Nc3ccccc3C(CCCc3ccc(-c4c5ccccc5c(-c5ccccc5)c5ccccc45)cc3)C2)cc1. The van der Waals surface area contributed by atoms with Crippen molar-refractivity contribution in [3.63, 3.8) is 0 Å². The predicted octanol–water partition coefficient (Wildman–Crippen LogP) is 12.0. The summed E-state index contributed by atoms with van der Waals surface area (Å²) >= 11 is 0. The molecular weight excluding hydrogens is 542 g/mol.